The summed E-state index contributed by atoms with van der Waals surface area (Å²) in [5, 5.41) is 3.67. The number of carbonyl (C=O) groups is 1. The van der Waals surface area contributed by atoms with Gasteiger partial charge in [0.05, 0.1) is 23.5 Å². The number of hydrogen-bond acceptors (Lipinski definition) is 3. The zero-order chi connectivity index (χ0) is 15.4. The molecule has 1 aromatic carbocycles. The molecule has 0 atom stereocenters. The van der Waals surface area contributed by atoms with E-state index in [1.807, 2.05) is 24.3 Å². The number of nitrogens with one attached hydrogen (secondary N) is 1. The normalized spacial score (nSPS) is 15.5. The first-order valence-corrected chi connectivity index (χ1v) is 7.75. The van der Waals surface area contributed by atoms with Gasteiger partial charge in [-0.1, -0.05) is 19.1 Å². The van der Waals surface area contributed by atoms with E-state index in [0.29, 0.717) is 5.69 Å². The van der Waals surface area contributed by atoms with Crippen LogP contribution >= 0.6 is 0 Å². The lowest BCUT2D eigenvalue weighted by molar-refractivity contribution is -0.111. The lowest BCUT2D eigenvalue weighted by Gasteiger charge is -2.23. The van der Waals surface area contributed by atoms with E-state index in [4.69, 9.17) is 4.74 Å². The van der Waals surface area contributed by atoms with Crippen LogP contribution in [0.15, 0.2) is 43.1 Å². The van der Waals surface area contributed by atoms with Gasteiger partial charge in [0.25, 0.3) is 0 Å². The molecule has 0 saturated heterocycles. The highest BCUT2D eigenvalue weighted by atomic mass is 16.5. The quantitative estimate of drug-likeness (QED) is 0.865. The number of hydrogen-bond donors (Lipinski definition) is 1. The average Bonchev–Trinajstić information content (AvgIpc) is 2.56. The van der Waals surface area contributed by atoms with Gasteiger partial charge in [0.15, 0.2) is 0 Å². The first kappa shape index (κ1) is 14.6. The third kappa shape index (κ3) is 3.27. The molecule has 1 heterocycles. The van der Waals surface area contributed by atoms with Crippen LogP contribution in [0.1, 0.15) is 32.1 Å². The van der Waals surface area contributed by atoms with E-state index < -0.39 is 0 Å². The number of pyridine rings is 1. The van der Waals surface area contributed by atoms with Gasteiger partial charge in [-0.15, -0.1) is 0 Å². The van der Waals surface area contributed by atoms with Crippen molar-refractivity contribution in [3.05, 3.63) is 43.1 Å². The van der Waals surface area contributed by atoms with Crippen LogP contribution in [-0.2, 0) is 4.79 Å². The van der Waals surface area contributed by atoms with E-state index in [2.05, 4.69) is 16.9 Å². The zero-order valence-corrected chi connectivity index (χ0v) is 12.5. The van der Waals surface area contributed by atoms with Crippen LogP contribution in [0.2, 0.25) is 0 Å². The van der Waals surface area contributed by atoms with Crippen molar-refractivity contribution in [3.8, 4) is 5.75 Å². The highest BCUT2D eigenvalue weighted by Crippen LogP contribution is 2.30. The van der Waals surface area contributed by atoms with E-state index in [1.54, 1.807) is 6.20 Å². The van der Waals surface area contributed by atoms with Crippen LogP contribution in [-0.4, -0.2) is 17.0 Å². The molecule has 0 aliphatic heterocycles. The molecule has 1 aromatic heterocycles. The standard InChI is InChI=1S/C18H20N2O2/c1-2-18(21)20-13-11-15-16(19-12-13)9-6-10-17(15)22-14-7-4-3-5-8-14/h2,6,9-12,14H,1,3-5,7-8H2,(H,20,21). The van der Waals surface area contributed by atoms with Crippen molar-refractivity contribution >= 4 is 22.5 Å². The second kappa shape index (κ2) is 6.60. The van der Waals surface area contributed by atoms with Gasteiger partial charge in [0, 0.05) is 5.39 Å². The zero-order valence-electron chi connectivity index (χ0n) is 12.5. The van der Waals surface area contributed by atoms with Gasteiger partial charge >= 0.3 is 0 Å². The van der Waals surface area contributed by atoms with E-state index >= 15 is 0 Å². The molecule has 114 valence electrons. The second-order valence-electron chi connectivity index (χ2n) is 5.62. The van der Waals surface area contributed by atoms with Crippen LogP contribution in [0.25, 0.3) is 10.9 Å². The molecule has 1 aliphatic carbocycles. The van der Waals surface area contributed by atoms with Gasteiger partial charge in [-0.05, 0) is 50.0 Å². The Morgan fingerprint density at radius 1 is 1.32 bits per heavy atom. The van der Waals surface area contributed by atoms with Crippen molar-refractivity contribution < 1.29 is 9.53 Å². The first-order chi connectivity index (χ1) is 10.8. The van der Waals surface area contributed by atoms with E-state index in [9.17, 15) is 4.79 Å². The molecule has 22 heavy (non-hydrogen) atoms. The smallest absolute Gasteiger partial charge is 0.247 e. The number of aromatic nitrogens is 1. The van der Waals surface area contributed by atoms with E-state index in [1.165, 1.54) is 25.3 Å². The summed E-state index contributed by atoms with van der Waals surface area (Å²) in [7, 11) is 0. The highest BCUT2D eigenvalue weighted by molar-refractivity contribution is 6.00. The predicted molar refractivity (Wildman–Crippen MR) is 88.1 cm³/mol. The SMILES string of the molecule is C=CC(=O)Nc1cnc2cccc(OC3CCCCC3)c2c1. The maximum absolute atomic E-state index is 11.4. The summed E-state index contributed by atoms with van der Waals surface area (Å²) in [5.41, 5.74) is 1.52. The third-order valence-electron chi connectivity index (χ3n) is 3.98. The van der Waals surface area contributed by atoms with Crippen LogP contribution in [0.5, 0.6) is 5.75 Å². The molecule has 1 amide bonds. The van der Waals surface area contributed by atoms with Crippen molar-refractivity contribution in [2.45, 2.75) is 38.2 Å². The Labute approximate surface area is 130 Å². The van der Waals surface area contributed by atoms with Crippen molar-refractivity contribution in [2.75, 3.05) is 5.32 Å². The molecule has 0 spiro atoms. The summed E-state index contributed by atoms with van der Waals surface area (Å²) in [5.74, 6) is 0.596. The number of fused-ring (bicyclic) bond motifs is 1. The largest absolute Gasteiger partial charge is 0.490 e. The third-order valence-corrected chi connectivity index (χ3v) is 3.98. The number of rotatable bonds is 4. The summed E-state index contributed by atoms with van der Waals surface area (Å²) in [6.07, 6.45) is 9.15. The van der Waals surface area contributed by atoms with Crippen molar-refractivity contribution in [2.24, 2.45) is 0 Å². The molecule has 0 bridgehead atoms. The molecule has 4 heteroatoms. The van der Waals surface area contributed by atoms with Crippen LogP contribution in [0.4, 0.5) is 5.69 Å². The van der Waals surface area contributed by atoms with Gasteiger partial charge in [-0.25, -0.2) is 0 Å². The van der Waals surface area contributed by atoms with E-state index in [-0.39, 0.29) is 12.0 Å². The fourth-order valence-electron chi connectivity index (χ4n) is 2.85. The number of amides is 1. The molecular formula is C18H20N2O2. The Balaban J connectivity index is 1.89. The molecule has 4 nitrogen and oxygen atoms in total. The number of anilines is 1. The molecule has 1 aliphatic rings. The van der Waals surface area contributed by atoms with Gasteiger partial charge in [-0.2, -0.15) is 0 Å². The fourth-order valence-corrected chi connectivity index (χ4v) is 2.85. The second-order valence-corrected chi connectivity index (χ2v) is 5.62. The van der Waals surface area contributed by atoms with Gasteiger partial charge in [0.1, 0.15) is 5.75 Å². The topological polar surface area (TPSA) is 51.2 Å². The lowest BCUT2D eigenvalue weighted by atomic mass is 9.98. The van der Waals surface area contributed by atoms with E-state index in [0.717, 1.165) is 29.5 Å². The summed E-state index contributed by atoms with van der Waals surface area (Å²) >= 11 is 0. The van der Waals surface area contributed by atoms with Crippen molar-refractivity contribution in [1.29, 1.82) is 0 Å². The minimum atomic E-state index is -0.244. The fraction of sp³-hybridized carbons (Fsp3) is 0.333. The molecule has 1 saturated carbocycles. The van der Waals surface area contributed by atoms with Gasteiger partial charge in [0.2, 0.25) is 5.91 Å². The van der Waals surface area contributed by atoms with Crippen LogP contribution in [0, 0.1) is 0 Å². The Bertz CT molecular complexity index is 691. The number of carbonyl (C=O) groups excluding carboxylic acids is 1. The molecule has 0 radical (unpaired) electrons. The number of ether oxygens (including phenoxy) is 1. The van der Waals surface area contributed by atoms with Gasteiger partial charge in [-0.3, -0.25) is 9.78 Å². The Morgan fingerprint density at radius 2 is 2.14 bits per heavy atom. The van der Waals surface area contributed by atoms with Crippen LogP contribution in [0.3, 0.4) is 0 Å². The summed E-state index contributed by atoms with van der Waals surface area (Å²) in [4.78, 5) is 15.8. The van der Waals surface area contributed by atoms with Crippen molar-refractivity contribution in [3.63, 3.8) is 0 Å². The highest BCUT2D eigenvalue weighted by Gasteiger charge is 2.16. The van der Waals surface area contributed by atoms with Gasteiger partial charge < -0.3 is 10.1 Å². The van der Waals surface area contributed by atoms with Crippen molar-refractivity contribution in [1.82, 2.24) is 4.98 Å². The molecular weight excluding hydrogens is 276 g/mol. The monoisotopic (exact) mass is 296 g/mol. The van der Waals surface area contributed by atoms with Crippen LogP contribution < -0.4 is 10.1 Å². The average molecular weight is 296 g/mol. The maximum Gasteiger partial charge on any atom is 0.247 e. The Hall–Kier alpha value is -2.36. The molecule has 0 unspecified atom stereocenters. The molecule has 2 aromatic rings. The maximum atomic E-state index is 11.4. The molecule has 3 rings (SSSR count). The Kier molecular flexibility index (Phi) is 4.37. The minimum Gasteiger partial charge on any atom is -0.490 e. The number of benzene rings is 1. The molecule has 1 N–H and O–H groups in total. The summed E-state index contributed by atoms with van der Waals surface area (Å²) < 4.78 is 6.18. The number of nitrogens with zero attached hydrogens (tertiary/aromatic N) is 1. The summed E-state index contributed by atoms with van der Waals surface area (Å²) in [6.45, 7) is 3.46. The Morgan fingerprint density at radius 3 is 2.91 bits per heavy atom. The molecule has 1 fully saturated rings. The lowest BCUT2D eigenvalue weighted by Crippen LogP contribution is -2.19. The predicted octanol–water partition coefficient (Wildman–Crippen LogP) is 4.07. The first-order valence-electron chi connectivity index (χ1n) is 7.75. The summed E-state index contributed by atoms with van der Waals surface area (Å²) in [6, 6.07) is 7.78. The minimum absolute atomic E-state index is 0.244.